The number of aliphatic hydroxyl groups excluding tert-OH is 1. The molecular weight excluding hydrogens is 248 g/mol. The van der Waals surface area contributed by atoms with Crippen molar-refractivity contribution in [2.24, 2.45) is 0 Å². The zero-order valence-electron chi connectivity index (χ0n) is 11.6. The van der Waals surface area contributed by atoms with Crippen molar-refractivity contribution >= 4 is 0 Å². The van der Waals surface area contributed by atoms with Gasteiger partial charge in [0, 0.05) is 16.7 Å². The van der Waals surface area contributed by atoms with Gasteiger partial charge in [0.2, 0.25) is 0 Å². The van der Waals surface area contributed by atoms with E-state index in [-0.39, 0.29) is 0 Å². The van der Waals surface area contributed by atoms with Gasteiger partial charge in [0.05, 0.1) is 0 Å². The number of fused-ring (bicyclic) bond motifs is 1. The fourth-order valence-electron chi connectivity index (χ4n) is 3.03. The van der Waals surface area contributed by atoms with Crippen molar-refractivity contribution in [3.8, 4) is 11.8 Å². The van der Waals surface area contributed by atoms with E-state index in [1.165, 1.54) is 0 Å². The van der Waals surface area contributed by atoms with Crippen molar-refractivity contribution in [3.05, 3.63) is 58.7 Å². The van der Waals surface area contributed by atoms with Crippen LogP contribution >= 0.6 is 0 Å². The Morgan fingerprint density at radius 1 is 1.30 bits per heavy atom. The largest absolute Gasteiger partial charge is 0.385 e. The summed E-state index contributed by atoms with van der Waals surface area (Å²) in [7, 11) is 0. The Morgan fingerprint density at radius 2 is 2.05 bits per heavy atom. The van der Waals surface area contributed by atoms with Gasteiger partial charge in [0.1, 0.15) is 11.7 Å². The van der Waals surface area contributed by atoms with Crippen molar-refractivity contribution in [2.45, 2.75) is 37.9 Å². The molecule has 1 aromatic rings. The summed E-state index contributed by atoms with van der Waals surface area (Å²) < 4.78 is 0. The molecule has 2 aliphatic carbocycles. The molecule has 1 fully saturated rings. The fourth-order valence-corrected chi connectivity index (χ4v) is 3.03. The molecule has 0 radical (unpaired) electrons. The van der Waals surface area contributed by atoms with Gasteiger partial charge in [-0.1, -0.05) is 36.1 Å². The molecule has 2 nitrogen and oxygen atoms in total. The van der Waals surface area contributed by atoms with Crippen molar-refractivity contribution in [1.29, 1.82) is 0 Å². The van der Waals surface area contributed by atoms with Crippen molar-refractivity contribution in [2.75, 3.05) is 0 Å². The third-order valence-corrected chi connectivity index (χ3v) is 4.17. The molecule has 0 spiro atoms. The molecule has 3 rings (SSSR count). The summed E-state index contributed by atoms with van der Waals surface area (Å²) in [5.74, 6) is 6.19. The maximum Gasteiger partial charge on any atom is 0.120 e. The van der Waals surface area contributed by atoms with E-state index >= 15 is 0 Å². The van der Waals surface area contributed by atoms with Crippen molar-refractivity contribution in [1.82, 2.24) is 0 Å². The maximum absolute atomic E-state index is 10.4. The summed E-state index contributed by atoms with van der Waals surface area (Å²) in [6.07, 6.45) is 3.79. The van der Waals surface area contributed by atoms with E-state index in [2.05, 4.69) is 11.8 Å². The van der Waals surface area contributed by atoms with Crippen LogP contribution in [-0.4, -0.2) is 21.9 Å². The zero-order chi connectivity index (χ0) is 14.2. The maximum atomic E-state index is 10.4. The highest BCUT2D eigenvalue weighted by molar-refractivity contribution is 5.61. The topological polar surface area (TPSA) is 40.5 Å². The van der Waals surface area contributed by atoms with Gasteiger partial charge in [-0.15, -0.1) is 0 Å². The SMILES string of the molecule is C/C(C#Cc1ccccc1)=C1/C2=CCCC[C@]2(O)[C@H]1O. The Hall–Kier alpha value is -1.82. The van der Waals surface area contributed by atoms with Crippen LogP contribution in [0.15, 0.2) is 53.1 Å². The predicted molar refractivity (Wildman–Crippen MR) is 78.9 cm³/mol. The highest BCUT2D eigenvalue weighted by atomic mass is 16.3. The fraction of sp³-hybridized carbons (Fsp3) is 0.333. The van der Waals surface area contributed by atoms with Crippen LogP contribution in [0.25, 0.3) is 0 Å². The second-order valence-corrected chi connectivity index (χ2v) is 5.49. The highest BCUT2D eigenvalue weighted by Crippen LogP contribution is 2.50. The van der Waals surface area contributed by atoms with Crippen LogP contribution in [0.4, 0.5) is 0 Å². The molecule has 2 aliphatic rings. The predicted octanol–water partition coefficient (Wildman–Crippen LogP) is 2.57. The molecule has 0 bridgehead atoms. The average Bonchev–Trinajstić information content (AvgIpc) is 2.48. The molecular formula is C18H18O2. The summed E-state index contributed by atoms with van der Waals surface area (Å²) >= 11 is 0. The smallest absolute Gasteiger partial charge is 0.120 e. The standard InChI is InChI=1S/C18H18O2/c1-13(10-11-14-7-3-2-4-8-14)16-15-9-5-6-12-18(15,20)17(16)19/h2-4,7-9,17,19-20H,5-6,12H2,1H3/b16-13+/t17-,18+/m0/s1. The van der Waals surface area contributed by atoms with E-state index in [4.69, 9.17) is 0 Å². The molecule has 0 aromatic heterocycles. The lowest BCUT2D eigenvalue weighted by Crippen LogP contribution is -2.57. The molecule has 2 N–H and O–H groups in total. The summed E-state index contributed by atoms with van der Waals surface area (Å²) in [5, 5.41) is 20.6. The first-order valence-electron chi connectivity index (χ1n) is 7.02. The van der Waals surface area contributed by atoms with Crippen LogP contribution in [0.1, 0.15) is 31.7 Å². The van der Waals surface area contributed by atoms with E-state index in [9.17, 15) is 10.2 Å². The number of hydrogen-bond donors (Lipinski definition) is 2. The minimum Gasteiger partial charge on any atom is -0.385 e. The monoisotopic (exact) mass is 266 g/mol. The number of allylic oxidation sites excluding steroid dienone is 2. The molecule has 0 unspecified atom stereocenters. The summed E-state index contributed by atoms with van der Waals surface area (Å²) in [6, 6.07) is 9.77. The van der Waals surface area contributed by atoms with Crippen LogP contribution < -0.4 is 0 Å². The van der Waals surface area contributed by atoms with Gasteiger partial charge in [-0.3, -0.25) is 0 Å². The summed E-state index contributed by atoms with van der Waals surface area (Å²) in [4.78, 5) is 0. The highest BCUT2D eigenvalue weighted by Gasteiger charge is 2.54. The number of benzene rings is 1. The molecule has 20 heavy (non-hydrogen) atoms. The zero-order valence-corrected chi connectivity index (χ0v) is 11.6. The van der Waals surface area contributed by atoms with E-state index in [0.717, 1.165) is 35.1 Å². The first kappa shape index (κ1) is 13.2. The van der Waals surface area contributed by atoms with Crippen LogP contribution in [0.3, 0.4) is 0 Å². The van der Waals surface area contributed by atoms with Gasteiger partial charge >= 0.3 is 0 Å². The Bertz CT molecular complexity index is 643. The van der Waals surface area contributed by atoms with Crippen LogP contribution in [0.2, 0.25) is 0 Å². The number of aliphatic hydroxyl groups is 2. The summed E-state index contributed by atoms with van der Waals surface area (Å²) in [5.41, 5.74) is 2.48. The molecule has 2 heteroatoms. The molecule has 0 saturated heterocycles. The lowest BCUT2D eigenvalue weighted by atomic mass is 9.61. The molecule has 102 valence electrons. The van der Waals surface area contributed by atoms with Gasteiger partial charge < -0.3 is 10.2 Å². The lowest BCUT2D eigenvalue weighted by molar-refractivity contribution is -0.0704. The summed E-state index contributed by atoms with van der Waals surface area (Å²) in [6.45, 7) is 1.91. The van der Waals surface area contributed by atoms with E-state index < -0.39 is 11.7 Å². The van der Waals surface area contributed by atoms with Crippen molar-refractivity contribution in [3.63, 3.8) is 0 Å². The number of hydrogen-bond acceptors (Lipinski definition) is 2. The average molecular weight is 266 g/mol. The van der Waals surface area contributed by atoms with Crippen LogP contribution in [0.5, 0.6) is 0 Å². The molecule has 1 saturated carbocycles. The van der Waals surface area contributed by atoms with Gasteiger partial charge in [-0.05, 0) is 43.9 Å². The Kier molecular flexibility index (Phi) is 3.25. The molecule has 2 atom stereocenters. The molecule has 0 amide bonds. The first-order chi connectivity index (χ1) is 9.63. The third kappa shape index (κ3) is 2.00. The Morgan fingerprint density at radius 3 is 2.80 bits per heavy atom. The molecule has 0 heterocycles. The Labute approximate surface area is 119 Å². The van der Waals surface area contributed by atoms with E-state index in [1.54, 1.807) is 0 Å². The minimum absolute atomic E-state index is 0.642. The molecule has 1 aromatic carbocycles. The minimum atomic E-state index is -1.02. The first-order valence-corrected chi connectivity index (χ1v) is 7.02. The quantitative estimate of drug-likeness (QED) is 0.709. The second kappa shape index (κ2) is 4.94. The normalized spacial score (nSPS) is 30.4. The lowest BCUT2D eigenvalue weighted by Gasteiger charge is -2.49. The van der Waals surface area contributed by atoms with Gasteiger partial charge in [-0.2, -0.15) is 0 Å². The van der Waals surface area contributed by atoms with Crippen LogP contribution in [-0.2, 0) is 0 Å². The Balaban J connectivity index is 1.92. The van der Waals surface area contributed by atoms with Gasteiger partial charge in [0.25, 0.3) is 0 Å². The van der Waals surface area contributed by atoms with E-state index in [0.29, 0.717) is 6.42 Å². The third-order valence-electron chi connectivity index (χ3n) is 4.17. The van der Waals surface area contributed by atoms with Gasteiger partial charge in [0.15, 0.2) is 0 Å². The molecule has 0 aliphatic heterocycles. The van der Waals surface area contributed by atoms with Gasteiger partial charge in [-0.25, -0.2) is 0 Å². The number of rotatable bonds is 0. The van der Waals surface area contributed by atoms with E-state index in [1.807, 2.05) is 43.3 Å². The van der Waals surface area contributed by atoms with Crippen molar-refractivity contribution < 1.29 is 10.2 Å². The second-order valence-electron chi connectivity index (χ2n) is 5.49. The van der Waals surface area contributed by atoms with Crippen LogP contribution in [0, 0.1) is 11.8 Å².